The van der Waals surface area contributed by atoms with E-state index in [9.17, 15) is 0 Å². The number of nitrogens with zero attached hydrogens (tertiary/aromatic N) is 2. The summed E-state index contributed by atoms with van der Waals surface area (Å²) in [7, 11) is 0. The van der Waals surface area contributed by atoms with E-state index in [1.165, 1.54) is 13.0 Å². The predicted octanol–water partition coefficient (Wildman–Crippen LogP) is 2.65. The van der Waals surface area contributed by atoms with Crippen LogP contribution in [0.4, 0.5) is 0 Å². The molecule has 0 aromatic heterocycles. The van der Waals surface area contributed by atoms with Crippen LogP contribution in [-0.4, -0.2) is 36.4 Å². The fourth-order valence-electron chi connectivity index (χ4n) is 1.82. The number of amidine groups is 1. The zero-order valence-corrected chi connectivity index (χ0v) is 11.5. The van der Waals surface area contributed by atoms with E-state index in [2.05, 4.69) is 37.6 Å². The third-order valence-electron chi connectivity index (χ3n) is 2.88. The Morgan fingerprint density at radius 1 is 1.25 bits per heavy atom. The van der Waals surface area contributed by atoms with Gasteiger partial charge in [0.25, 0.3) is 0 Å². The molecule has 0 spiro atoms. The molecule has 0 aromatic carbocycles. The standard InChI is InChI=1S/C13H29N3/c1-5-9-13(14)15-12(4)10-8-11-16(6-2)7-3/h12H,5-11H2,1-4H3,(H2,14,15). The van der Waals surface area contributed by atoms with Crippen molar-refractivity contribution in [1.29, 1.82) is 0 Å². The van der Waals surface area contributed by atoms with Crippen LogP contribution >= 0.6 is 0 Å². The lowest BCUT2D eigenvalue weighted by molar-refractivity contribution is 0.294. The van der Waals surface area contributed by atoms with Gasteiger partial charge in [0.15, 0.2) is 0 Å². The molecule has 96 valence electrons. The molecule has 0 aliphatic heterocycles. The fourth-order valence-corrected chi connectivity index (χ4v) is 1.82. The fraction of sp³-hybridized carbons (Fsp3) is 0.923. The monoisotopic (exact) mass is 227 g/mol. The summed E-state index contributed by atoms with van der Waals surface area (Å²) in [6.07, 6.45) is 4.37. The molecule has 0 aliphatic rings. The summed E-state index contributed by atoms with van der Waals surface area (Å²) in [5, 5.41) is 0. The van der Waals surface area contributed by atoms with Crippen molar-refractivity contribution < 1.29 is 0 Å². The van der Waals surface area contributed by atoms with E-state index in [-0.39, 0.29) is 0 Å². The van der Waals surface area contributed by atoms with Gasteiger partial charge in [-0.25, -0.2) is 0 Å². The first kappa shape index (κ1) is 15.4. The van der Waals surface area contributed by atoms with Crippen LogP contribution in [0.2, 0.25) is 0 Å². The Balaban J connectivity index is 3.72. The lowest BCUT2D eigenvalue weighted by Crippen LogP contribution is -2.24. The number of aliphatic imine (C=N–C) groups is 1. The van der Waals surface area contributed by atoms with Crippen LogP contribution in [0.15, 0.2) is 4.99 Å². The molecule has 0 aliphatic carbocycles. The second-order valence-corrected chi connectivity index (χ2v) is 4.39. The normalized spacial score (nSPS) is 14.4. The maximum absolute atomic E-state index is 5.81. The van der Waals surface area contributed by atoms with Gasteiger partial charge < -0.3 is 10.6 Å². The van der Waals surface area contributed by atoms with Crippen LogP contribution in [-0.2, 0) is 0 Å². The van der Waals surface area contributed by atoms with Crippen LogP contribution in [0.1, 0.15) is 53.4 Å². The van der Waals surface area contributed by atoms with Gasteiger partial charge in [0.2, 0.25) is 0 Å². The van der Waals surface area contributed by atoms with Crippen molar-refractivity contribution in [1.82, 2.24) is 4.90 Å². The van der Waals surface area contributed by atoms with Crippen LogP contribution < -0.4 is 5.73 Å². The van der Waals surface area contributed by atoms with Crippen molar-refractivity contribution in [2.45, 2.75) is 59.4 Å². The Hall–Kier alpha value is -0.570. The van der Waals surface area contributed by atoms with Crippen molar-refractivity contribution >= 4 is 5.84 Å². The van der Waals surface area contributed by atoms with Gasteiger partial charge in [0, 0.05) is 12.5 Å². The molecule has 0 fully saturated rings. The van der Waals surface area contributed by atoms with Gasteiger partial charge in [-0.15, -0.1) is 0 Å². The third-order valence-corrected chi connectivity index (χ3v) is 2.88. The highest BCUT2D eigenvalue weighted by atomic mass is 15.1. The highest BCUT2D eigenvalue weighted by Crippen LogP contribution is 2.04. The number of hydrogen-bond donors (Lipinski definition) is 1. The summed E-state index contributed by atoms with van der Waals surface area (Å²) in [6, 6.07) is 0.377. The first-order valence-electron chi connectivity index (χ1n) is 6.68. The molecule has 0 amide bonds. The molecule has 1 unspecified atom stereocenters. The van der Waals surface area contributed by atoms with Crippen LogP contribution in [0.5, 0.6) is 0 Å². The molecule has 3 nitrogen and oxygen atoms in total. The Labute approximate surface area is 101 Å². The van der Waals surface area contributed by atoms with Crippen molar-refractivity contribution in [2.24, 2.45) is 10.7 Å². The van der Waals surface area contributed by atoms with Crippen molar-refractivity contribution in [3.63, 3.8) is 0 Å². The quantitative estimate of drug-likeness (QED) is 0.486. The van der Waals surface area contributed by atoms with Gasteiger partial charge in [-0.05, 0) is 45.8 Å². The van der Waals surface area contributed by atoms with Gasteiger partial charge >= 0.3 is 0 Å². The van der Waals surface area contributed by atoms with E-state index in [0.29, 0.717) is 6.04 Å². The van der Waals surface area contributed by atoms with Gasteiger partial charge in [-0.1, -0.05) is 20.8 Å². The molecule has 0 aromatic rings. The van der Waals surface area contributed by atoms with E-state index in [1.807, 2.05) is 0 Å². The molecule has 0 saturated heterocycles. The number of nitrogens with two attached hydrogens (primary N) is 1. The summed E-state index contributed by atoms with van der Waals surface area (Å²) in [5.41, 5.74) is 5.81. The molecule has 2 N–H and O–H groups in total. The van der Waals surface area contributed by atoms with Gasteiger partial charge in [0.1, 0.15) is 0 Å². The largest absolute Gasteiger partial charge is 0.387 e. The predicted molar refractivity (Wildman–Crippen MR) is 73.0 cm³/mol. The highest BCUT2D eigenvalue weighted by molar-refractivity contribution is 5.80. The topological polar surface area (TPSA) is 41.6 Å². The maximum atomic E-state index is 5.81. The van der Waals surface area contributed by atoms with Crippen LogP contribution in [0, 0.1) is 0 Å². The molecule has 16 heavy (non-hydrogen) atoms. The summed E-state index contributed by atoms with van der Waals surface area (Å²) >= 11 is 0. The van der Waals surface area contributed by atoms with Crippen molar-refractivity contribution in [2.75, 3.05) is 19.6 Å². The summed E-state index contributed by atoms with van der Waals surface area (Å²) in [4.78, 5) is 6.94. The van der Waals surface area contributed by atoms with Gasteiger partial charge in [-0.3, -0.25) is 4.99 Å². The van der Waals surface area contributed by atoms with Gasteiger partial charge in [-0.2, -0.15) is 0 Å². The molecule has 0 bridgehead atoms. The van der Waals surface area contributed by atoms with Crippen LogP contribution in [0.3, 0.4) is 0 Å². The minimum absolute atomic E-state index is 0.377. The summed E-state index contributed by atoms with van der Waals surface area (Å²) in [6.45, 7) is 12.2. The van der Waals surface area contributed by atoms with E-state index >= 15 is 0 Å². The second-order valence-electron chi connectivity index (χ2n) is 4.39. The van der Waals surface area contributed by atoms with E-state index < -0.39 is 0 Å². The minimum atomic E-state index is 0.377. The molecule has 0 heterocycles. The lowest BCUT2D eigenvalue weighted by Gasteiger charge is -2.18. The molecule has 0 radical (unpaired) electrons. The highest BCUT2D eigenvalue weighted by Gasteiger charge is 2.03. The molecule has 0 saturated carbocycles. The maximum Gasteiger partial charge on any atom is 0.0940 e. The molecule has 0 rings (SSSR count). The van der Waals surface area contributed by atoms with E-state index in [1.54, 1.807) is 0 Å². The zero-order chi connectivity index (χ0) is 12.4. The summed E-state index contributed by atoms with van der Waals surface area (Å²) in [5.74, 6) is 0.817. The molecule has 3 heteroatoms. The zero-order valence-electron chi connectivity index (χ0n) is 11.5. The Bertz CT molecular complexity index is 186. The van der Waals surface area contributed by atoms with Crippen LogP contribution in [0.25, 0.3) is 0 Å². The SMILES string of the molecule is CCCC(N)=NC(C)CCCN(CC)CC. The van der Waals surface area contributed by atoms with E-state index in [0.717, 1.165) is 38.2 Å². The second kappa shape index (κ2) is 9.64. The van der Waals surface area contributed by atoms with E-state index in [4.69, 9.17) is 5.73 Å². The number of hydrogen-bond acceptors (Lipinski definition) is 2. The lowest BCUT2D eigenvalue weighted by atomic mass is 10.2. The molecular formula is C13H29N3. The first-order chi connectivity index (χ1) is 7.63. The Morgan fingerprint density at radius 3 is 2.38 bits per heavy atom. The average molecular weight is 227 g/mol. The number of rotatable bonds is 9. The minimum Gasteiger partial charge on any atom is -0.387 e. The smallest absolute Gasteiger partial charge is 0.0940 e. The molecule has 1 atom stereocenters. The first-order valence-corrected chi connectivity index (χ1v) is 6.68. The van der Waals surface area contributed by atoms with Crippen molar-refractivity contribution in [3.8, 4) is 0 Å². The molecular weight excluding hydrogens is 198 g/mol. The third kappa shape index (κ3) is 7.69. The van der Waals surface area contributed by atoms with Crippen molar-refractivity contribution in [3.05, 3.63) is 0 Å². The van der Waals surface area contributed by atoms with Gasteiger partial charge in [0.05, 0.1) is 5.84 Å². The average Bonchev–Trinajstić information content (AvgIpc) is 2.24. The Morgan fingerprint density at radius 2 is 1.88 bits per heavy atom. The Kier molecular flexibility index (Phi) is 9.30. The summed E-state index contributed by atoms with van der Waals surface area (Å²) < 4.78 is 0.